The molecule has 0 amide bonds. The van der Waals surface area contributed by atoms with E-state index in [1.165, 1.54) is 5.56 Å². The summed E-state index contributed by atoms with van der Waals surface area (Å²) in [5, 5.41) is 0. The summed E-state index contributed by atoms with van der Waals surface area (Å²) in [6, 6.07) is 8.35. The van der Waals surface area contributed by atoms with E-state index in [1.54, 1.807) is 7.11 Å². The number of rotatable bonds is 2. The first-order valence-electron chi connectivity index (χ1n) is 7.99. The van der Waals surface area contributed by atoms with Crippen molar-refractivity contribution in [2.24, 2.45) is 5.92 Å². The van der Waals surface area contributed by atoms with Crippen molar-refractivity contribution in [2.75, 3.05) is 27.2 Å². The topological polar surface area (TPSA) is 29.5 Å². The normalized spacial score (nSPS) is 28.3. The van der Waals surface area contributed by atoms with Crippen molar-refractivity contribution in [2.45, 2.75) is 31.1 Å². The van der Waals surface area contributed by atoms with Gasteiger partial charge in [0.05, 0.1) is 7.11 Å². The predicted octanol–water partition coefficient (Wildman–Crippen LogP) is 3.44. The average Bonchev–Trinajstić information content (AvgIpc) is 2.57. The van der Waals surface area contributed by atoms with E-state index in [9.17, 15) is 4.79 Å². The molecule has 22 heavy (non-hydrogen) atoms. The van der Waals surface area contributed by atoms with Crippen LogP contribution in [0.3, 0.4) is 0 Å². The second-order valence-corrected chi connectivity index (χ2v) is 6.35. The predicted molar refractivity (Wildman–Crippen MR) is 90.4 cm³/mol. The summed E-state index contributed by atoms with van der Waals surface area (Å²) in [6.07, 6.45) is 3.57. The van der Waals surface area contributed by atoms with Crippen LogP contribution in [0.4, 0.5) is 0 Å². The molecule has 120 valence electrons. The first-order valence-corrected chi connectivity index (χ1v) is 7.99. The Labute approximate surface area is 134 Å². The van der Waals surface area contributed by atoms with Crippen molar-refractivity contribution >= 4 is 5.78 Å². The molecule has 0 N–H and O–H groups in total. The zero-order valence-corrected chi connectivity index (χ0v) is 13.8. The van der Waals surface area contributed by atoms with E-state index < -0.39 is 0 Å². The van der Waals surface area contributed by atoms with E-state index in [2.05, 4.69) is 43.3 Å². The zero-order valence-electron chi connectivity index (χ0n) is 13.8. The molecule has 0 aromatic heterocycles. The van der Waals surface area contributed by atoms with Gasteiger partial charge in [-0.05, 0) is 50.0 Å². The quantitative estimate of drug-likeness (QED) is 0.784. The Hall–Kier alpha value is -1.61. The van der Waals surface area contributed by atoms with Gasteiger partial charge >= 0.3 is 0 Å². The van der Waals surface area contributed by atoms with E-state index in [1.807, 2.05) is 6.07 Å². The number of fused-ring (bicyclic) bond motifs is 1. The lowest BCUT2D eigenvalue weighted by atomic mass is 9.59. The molecule has 0 unspecified atom stereocenters. The largest absolute Gasteiger partial charge is 0.497 e. The maximum Gasteiger partial charge on any atom is 0.133 e. The van der Waals surface area contributed by atoms with Crippen LogP contribution < -0.4 is 4.74 Å². The van der Waals surface area contributed by atoms with Crippen molar-refractivity contribution in [3.63, 3.8) is 0 Å². The number of Topliss-reactive ketones (excluding diaryl/α,β-unsaturated/α-hetero) is 1. The van der Waals surface area contributed by atoms with Gasteiger partial charge in [0.25, 0.3) is 0 Å². The van der Waals surface area contributed by atoms with Gasteiger partial charge in [-0.3, -0.25) is 4.79 Å². The van der Waals surface area contributed by atoms with E-state index in [0.29, 0.717) is 18.1 Å². The van der Waals surface area contributed by atoms with Crippen LogP contribution in [0, 0.1) is 5.92 Å². The standard InChI is InChI=1S/C17H23NO2.C2H4/c1-18-9-8-17(11-15(19)7-6-14(17)12-18)13-4-3-5-16(10-13)20-2;1-2/h3-5,10,14H,6-9,11-12H2,1-2H3;1-2H2/t14-,17-;/m0./s1. The number of ketones is 1. The van der Waals surface area contributed by atoms with Gasteiger partial charge in [-0.25, -0.2) is 0 Å². The van der Waals surface area contributed by atoms with Gasteiger partial charge in [-0.15, -0.1) is 13.2 Å². The Morgan fingerprint density at radius 2 is 2.14 bits per heavy atom. The van der Waals surface area contributed by atoms with Gasteiger partial charge in [0.15, 0.2) is 0 Å². The molecule has 1 saturated carbocycles. The second-order valence-electron chi connectivity index (χ2n) is 6.35. The number of hydrogen-bond acceptors (Lipinski definition) is 3. The number of carbonyl (C=O) groups excluding carboxylic acids is 1. The molecule has 1 saturated heterocycles. The highest BCUT2D eigenvalue weighted by Crippen LogP contribution is 2.48. The van der Waals surface area contributed by atoms with Crippen LogP contribution in [-0.4, -0.2) is 37.9 Å². The van der Waals surface area contributed by atoms with E-state index in [4.69, 9.17) is 4.74 Å². The Morgan fingerprint density at radius 3 is 2.86 bits per heavy atom. The van der Waals surface area contributed by atoms with Crippen LogP contribution in [0.15, 0.2) is 37.4 Å². The van der Waals surface area contributed by atoms with Crippen molar-refractivity contribution in [1.29, 1.82) is 0 Å². The van der Waals surface area contributed by atoms with Crippen LogP contribution in [0.5, 0.6) is 5.75 Å². The lowest BCUT2D eigenvalue weighted by Crippen LogP contribution is -2.52. The second kappa shape index (κ2) is 7.10. The Morgan fingerprint density at radius 1 is 1.36 bits per heavy atom. The number of hydrogen-bond donors (Lipinski definition) is 0. The summed E-state index contributed by atoms with van der Waals surface area (Å²) in [6.45, 7) is 8.17. The molecule has 0 spiro atoms. The van der Waals surface area contributed by atoms with Crippen LogP contribution in [0.25, 0.3) is 0 Å². The van der Waals surface area contributed by atoms with Crippen molar-refractivity contribution in [3.8, 4) is 5.75 Å². The number of ether oxygens (including phenoxy) is 1. The molecular weight excluding hydrogens is 274 g/mol. The summed E-state index contributed by atoms with van der Waals surface area (Å²) >= 11 is 0. The number of piperidine rings is 1. The molecule has 1 aliphatic carbocycles. The lowest BCUT2D eigenvalue weighted by Gasteiger charge is -2.50. The van der Waals surface area contributed by atoms with Crippen LogP contribution >= 0.6 is 0 Å². The fourth-order valence-electron chi connectivity index (χ4n) is 4.03. The van der Waals surface area contributed by atoms with Gasteiger partial charge in [-0.1, -0.05) is 12.1 Å². The maximum absolute atomic E-state index is 12.1. The van der Waals surface area contributed by atoms with E-state index in [0.717, 1.165) is 38.1 Å². The summed E-state index contributed by atoms with van der Waals surface area (Å²) < 4.78 is 5.37. The lowest BCUT2D eigenvalue weighted by molar-refractivity contribution is -0.124. The van der Waals surface area contributed by atoms with E-state index in [-0.39, 0.29) is 5.41 Å². The number of benzene rings is 1. The molecule has 3 heteroatoms. The van der Waals surface area contributed by atoms with E-state index >= 15 is 0 Å². The molecule has 3 rings (SSSR count). The molecule has 2 aliphatic rings. The smallest absolute Gasteiger partial charge is 0.133 e. The molecule has 1 aromatic carbocycles. The third kappa shape index (κ3) is 3.09. The number of carbonyl (C=O) groups is 1. The highest BCUT2D eigenvalue weighted by atomic mass is 16.5. The monoisotopic (exact) mass is 301 g/mol. The van der Waals surface area contributed by atoms with Crippen LogP contribution in [0.2, 0.25) is 0 Å². The minimum absolute atomic E-state index is 0.0381. The molecule has 0 radical (unpaired) electrons. The first kappa shape index (κ1) is 16.8. The summed E-state index contributed by atoms with van der Waals surface area (Å²) in [5.74, 6) is 1.91. The molecule has 0 bridgehead atoms. The molecule has 2 atom stereocenters. The Balaban J connectivity index is 0.000000847. The van der Waals surface area contributed by atoms with Crippen molar-refractivity contribution in [3.05, 3.63) is 43.0 Å². The summed E-state index contributed by atoms with van der Waals surface area (Å²) in [5.41, 5.74) is 1.33. The third-order valence-corrected chi connectivity index (χ3v) is 5.18. The van der Waals surface area contributed by atoms with Gasteiger partial charge in [-0.2, -0.15) is 0 Å². The minimum Gasteiger partial charge on any atom is -0.497 e. The van der Waals surface area contributed by atoms with Crippen LogP contribution in [-0.2, 0) is 10.2 Å². The van der Waals surface area contributed by atoms with Crippen molar-refractivity contribution < 1.29 is 9.53 Å². The van der Waals surface area contributed by atoms with Gasteiger partial charge in [0.2, 0.25) is 0 Å². The maximum atomic E-state index is 12.1. The summed E-state index contributed by atoms with van der Waals surface area (Å²) in [7, 11) is 3.89. The molecule has 2 fully saturated rings. The minimum atomic E-state index is 0.0381. The average molecular weight is 301 g/mol. The molecule has 1 aliphatic heterocycles. The highest BCUT2D eigenvalue weighted by Gasteiger charge is 2.47. The SMILES string of the molecule is C=C.COc1cccc([C@@]23CCN(C)C[C@@H]2CCC(=O)C3)c1. The van der Waals surface area contributed by atoms with Crippen LogP contribution in [0.1, 0.15) is 31.2 Å². The Bertz CT molecular complexity index is 528. The third-order valence-electron chi connectivity index (χ3n) is 5.18. The number of methoxy groups -OCH3 is 1. The fraction of sp³-hybridized carbons (Fsp3) is 0.526. The molecule has 1 heterocycles. The molecular formula is C19H27NO2. The zero-order chi connectivity index (χ0) is 16.2. The van der Waals surface area contributed by atoms with Gasteiger partial charge in [0.1, 0.15) is 11.5 Å². The first-order chi connectivity index (χ1) is 10.6. The fourth-order valence-corrected chi connectivity index (χ4v) is 4.03. The Kier molecular flexibility index (Phi) is 5.41. The number of likely N-dealkylation sites (tertiary alicyclic amines) is 1. The molecule has 1 aromatic rings. The number of nitrogens with zero attached hydrogens (tertiary/aromatic N) is 1. The van der Waals surface area contributed by atoms with Gasteiger partial charge in [0, 0.05) is 24.8 Å². The highest BCUT2D eigenvalue weighted by molar-refractivity contribution is 5.81. The van der Waals surface area contributed by atoms with Gasteiger partial charge < -0.3 is 9.64 Å². The summed E-state index contributed by atoms with van der Waals surface area (Å²) in [4.78, 5) is 14.5. The molecule has 3 nitrogen and oxygen atoms in total. The van der Waals surface area contributed by atoms with Crippen molar-refractivity contribution in [1.82, 2.24) is 4.90 Å².